The van der Waals surface area contributed by atoms with Crippen LogP contribution in [0, 0.1) is 17.7 Å². The maximum Gasteiger partial charge on any atom is 0.255 e. The molecule has 11 nitrogen and oxygen atoms in total. The van der Waals surface area contributed by atoms with Gasteiger partial charge in [-0.2, -0.15) is 0 Å². The number of Topliss-reactive ketones (excluding diaryl/α,β-unsaturated/α-hetero) is 2. The number of benzene rings is 1. The van der Waals surface area contributed by atoms with Crippen molar-refractivity contribution in [2.75, 3.05) is 11.9 Å². The van der Waals surface area contributed by atoms with Crippen molar-refractivity contribution in [2.24, 2.45) is 17.6 Å². The minimum Gasteiger partial charge on any atom is -0.511 e. The van der Waals surface area contributed by atoms with Crippen molar-refractivity contribution in [3.8, 4) is 5.75 Å². The van der Waals surface area contributed by atoms with Crippen LogP contribution in [0.1, 0.15) is 54.4 Å². The summed E-state index contributed by atoms with van der Waals surface area (Å²) in [6.45, 7) is -0.0795. The molecule has 1 aromatic carbocycles. The average Bonchev–Trinajstić information content (AvgIpc) is 3.37. The number of allylic oxidation sites excluding steroid dienone is 2. The quantitative estimate of drug-likeness (QED) is 0.216. The van der Waals surface area contributed by atoms with Gasteiger partial charge in [0.05, 0.1) is 17.8 Å². The summed E-state index contributed by atoms with van der Waals surface area (Å²) in [6, 6.07) is 1.11. The van der Waals surface area contributed by atoms with Gasteiger partial charge in [0.1, 0.15) is 22.9 Å². The number of aliphatic hydroxyl groups excluding tert-OH is 2. The van der Waals surface area contributed by atoms with E-state index in [1.54, 1.807) is 0 Å². The molecule has 202 valence electrons. The minimum atomic E-state index is -2.71. The molecule has 8 N–H and O–H groups in total. The van der Waals surface area contributed by atoms with Gasteiger partial charge in [0.25, 0.3) is 5.91 Å². The Hall–Kier alpha value is -3.77. The fraction of sp³-hybridized carbons (Fsp3) is 0.462. The van der Waals surface area contributed by atoms with E-state index in [9.17, 15) is 39.6 Å². The van der Waals surface area contributed by atoms with E-state index in [1.165, 1.54) is 0 Å². The van der Waals surface area contributed by atoms with Gasteiger partial charge in [-0.25, -0.2) is 4.39 Å². The van der Waals surface area contributed by atoms with Crippen molar-refractivity contribution in [1.29, 1.82) is 0 Å². The lowest BCUT2D eigenvalue weighted by Crippen LogP contribution is -2.57. The van der Waals surface area contributed by atoms with Gasteiger partial charge in [0.15, 0.2) is 17.1 Å². The number of aliphatic hydroxyl groups is 3. The first-order valence-corrected chi connectivity index (χ1v) is 12.5. The highest BCUT2D eigenvalue weighted by Gasteiger charge is 2.59. The number of fused-ring (bicyclic) bond motifs is 3. The van der Waals surface area contributed by atoms with E-state index in [1.807, 2.05) is 0 Å². The summed E-state index contributed by atoms with van der Waals surface area (Å²) in [5, 5.41) is 48.8. The SMILES string of the molecule is NC(=O)C1=C(O)C[C@@H]2CC3Cc4c(F)cc(NC(=O)CNC5CCCC5)c(O)c4C(=O)C3=C(O)[C@]2(O)C1=O. The number of hydrogen-bond donors (Lipinski definition) is 7. The third kappa shape index (κ3) is 3.86. The van der Waals surface area contributed by atoms with E-state index in [0.717, 1.165) is 31.7 Å². The topological polar surface area (TPSA) is 199 Å². The molecule has 1 unspecified atom stereocenters. The summed E-state index contributed by atoms with van der Waals surface area (Å²) in [7, 11) is 0. The number of phenolic OH excluding ortho intramolecular Hbond substituents is 1. The summed E-state index contributed by atoms with van der Waals surface area (Å²) in [4.78, 5) is 50.7. The Morgan fingerprint density at radius 1 is 1.13 bits per heavy atom. The lowest BCUT2D eigenvalue weighted by atomic mass is 9.60. The first kappa shape index (κ1) is 25.9. The number of halogens is 1. The normalized spacial score (nSPS) is 27.2. The van der Waals surface area contributed by atoms with Gasteiger partial charge in [-0.3, -0.25) is 19.2 Å². The first-order valence-electron chi connectivity index (χ1n) is 12.5. The Balaban J connectivity index is 1.49. The number of rotatable bonds is 5. The Kier molecular flexibility index (Phi) is 6.27. The number of anilines is 1. The Morgan fingerprint density at radius 3 is 2.47 bits per heavy atom. The molecule has 0 bridgehead atoms. The maximum absolute atomic E-state index is 15.2. The van der Waals surface area contributed by atoms with E-state index in [0.29, 0.717) is 0 Å². The van der Waals surface area contributed by atoms with Crippen LogP contribution in [0.15, 0.2) is 28.7 Å². The molecule has 0 heterocycles. The predicted molar refractivity (Wildman–Crippen MR) is 130 cm³/mol. The Bertz CT molecular complexity index is 1350. The number of phenols is 1. The van der Waals surface area contributed by atoms with Crippen molar-refractivity contribution < 1.29 is 44.0 Å². The number of amides is 2. The van der Waals surface area contributed by atoms with Crippen LogP contribution in [-0.4, -0.2) is 62.0 Å². The highest BCUT2D eigenvalue weighted by molar-refractivity contribution is 6.24. The second-order valence-corrected chi connectivity index (χ2v) is 10.4. The Morgan fingerprint density at radius 2 is 1.82 bits per heavy atom. The van der Waals surface area contributed by atoms with Gasteiger partial charge in [0, 0.05) is 35.6 Å². The van der Waals surface area contributed by atoms with E-state index < -0.39 is 80.6 Å². The molecule has 0 spiro atoms. The minimum absolute atomic E-state index is 0.0795. The predicted octanol–water partition coefficient (Wildman–Crippen LogP) is 1.19. The van der Waals surface area contributed by atoms with E-state index in [2.05, 4.69) is 10.6 Å². The molecule has 1 saturated carbocycles. The summed E-state index contributed by atoms with van der Waals surface area (Å²) in [6.07, 6.45) is 3.36. The lowest BCUT2D eigenvalue weighted by molar-refractivity contribution is -0.144. The van der Waals surface area contributed by atoms with E-state index in [-0.39, 0.29) is 43.1 Å². The van der Waals surface area contributed by atoms with Crippen molar-refractivity contribution in [1.82, 2.24) is 5.32 Å². The van der Waals surface area contributed by atoms with Crippen LogP contribution in [0.4, 0.5) is 10.1 Å². The third-order valence-corrected chi connectivity index (χ3v) is 8.19. The number of nitrogens with two attached hydrogens (primary N) is 1. The van der Waals surface area contributed by atoms with Gasteiger partial charge < -0.3 is 36.8 Å². The smallest absolute Gasteiger partial charge is 0.255 e. The average molecular weight is 530 g/mol. The molecule has 1 aromatic rings. The Labute approximate surface area is 216 Å². The standard InChI is InChI=1S/C26H28FN3O8/c27-14-8-15(30-17(32)9-29-12-3-1-2-4-12)21(33)19-13(14)6-10-5-11-7-16(31)20(25(28)37)24(36)26(11,38)23(35)18(10)22(19)34/h8,10-12,29,31,33,35,38H,1-7,9H2,(H2,28,37)(H,30,32)/t10?,11-,26-/m0/s1. The molecular weight excluding hydrogens is 501 g/mol. The van der Waals surface area contributed by atoms with Crippen LogP contribution in [0.3, 0.4) is 0 Å². The monoisotopic (exact) mass is 529 g/mol. The molecule has 1 fully saturated rings. The van der Waals surface area contributed by atoms with Crippen molar-refractivity contribution >= 4 is 29.1 Å². The lowest BCUT2D eigenvalue weighted by Gasteiger charge is -2.45. The molecule has 3 atom stereocenters. The van der Waals surface area contributed by atoms with E-state index in [4.69, 9.17) is 5.73 Å². The van der Waals surface area contributed by atoms with Crippen LogP contribution in [0.2, 0.25) is 0 Å². The highest BCUT2D eigenvalue weighted by Crippen LogP contribution is 2.52. The fourth-order valence-electron chi connectivity index (χ4n) is 6.30. The van der Waals surface area contributed by atoms with Gasteiger partial charge in [-0.05, 0) is 31.6 Å². The number of primary amides is 1. The fourth-order valence-corrected chi connectivity index (χ4v) is 6.30. The molecule has 2 amide bonds. The number of aromatic hydroxyl groups is 1. The van der Waals surface area contributed by atoms with Crippen LogP contribution in [0.5, 0.6) is 5.75 Å². The third-order valence-electron chi connectivity index (χ3n) is 8.19. The number of carbonyl (C=O) groups is 4. The summed E-state index contributed by atoms with van der Waals surface area (Å²) in [5.74, 6) is -9.41. The first-order chi connectivity index (χ1) is 17.9. The van der Waals surface area contributed by atoms with E-state index >= 15 is 4.39 Å². The van der Waals surface area contributed by atoms with Crippen molar-refractivity contribution in [3.05, 3.63) is 45.7 Å². The highest BCUT2D eigenvalue weighted by atomic mass is 19.1. The van der Waals surface area contributed by atoms with Crippen molar-refractivity contribution in [2.45, 2.75) is 56.6 Å². The van der Waals surface area contributed by atoms with Crippen LogP contribution >= 0.6 is 0 Å². The number of ketones is 2. The molecule has 12 heteroatoms. The largest absolute Gasteiger partial charge is 0.511 e. The molecule has 4 aliphatic rings. The molecule has 38 heavy (non-hydrogen) atoms. The molecule has 4 aliphatic carbocycles. The van der Waals surface area contributed by atoms with Crippen LogP contribution < -0.4 is 16.4 Å². The zero-order valence-electron chi connectivity index (χ0n) is 20.3. The molecule has 0 aromatic heterocycles. The number of nitrogens with one attached hydrogen (secondary N) is 2. The molecular formula is C26H28FN3O8. The number of hydrogen-bond acceptors (Lipinski definition) is 9. The molecule has 5 rings (SSSR count). The van der Waals surface area contributed by atoms with Crippen molar-refractivity contribution in [3.63, 3.8) is 0 Å². The van der Waals surface area contributed by atoms with Gasteiger partial charge >= 0.3 is 0 Å². The second-order valence-electron chi connectivity index (χ2n) is 10.4. The van der Waals surface area contributed by atoms with Crippen LogP contribution in [-0.2, 0) is 20.8 Å². The van der Waals surface area contributed by atoms with Gasteiger partial charge in [-0.1, -0.05) is 12.8 Å². The molecule has 0 aliphatic heterocycles. The molecule has 0 radical (unpaired) electrons. The maximum atomic E-state index is 15.2. The van der Waals surface area contributed by atoms with Gasteiger partial charge in [0.2, 0.25) is 11.7 Å². The summed E-state index contributed by atoms with van der Waals surface area (Å²) in [5.41, 5.74) is 0.220. The summed E-state index contributed by atoms with van der Waals surface area (Å²) < 4.78 is 15.2. The van der Waals surface area contributed by atoms with Crippen LogP contribution in [0.25, 0.3) is 0 Å². The summed E-state index contributed by atoms with van der Waals surface area (Å²) >= 11 is 0. The number of carbonyl (C=O) groups excluding carboxylic acids is 4. The van der Waals surface area contributed by atoms with Gasteiger partial charge in [-0.15, -0.1) is 0 Å². The molecule has 0 saturated heterocycles. The second kappa shape index (κ2) is 9.21. The zero-order valence-corrected chi connectivity index (χ0v) is 20.3. The zero-order chi connectivity index (χ0) is 27.5.